The van der Waals surface area contributed by atoms with Crippen LogP contribution in [0.2, 0.25) is 0 Å². The van der Waals surface area contributed by atoms with Gasteiger partial charge < -0.3 is 5.11 Å². The smallest absolute Gasteiger partial charge is 0.328 e. The molecule has 6 nitrogen and oxygen atoms in total. The van der Waals surface area contributed by atoms with Gasteiger partial charge in [0.25, 0.3) is 10.2 Å². The summed E-state index contributed by atoms with van der Waals surface area (Å²) in [7, 11) is -3.55. The summed E-state index contributed by atoms with van der Waals surface area (Å²) in [4.78, 5) is 10.3. The lowest BCUT2D eigenvalue weighted by atomic mass is 10.2. The minimum absolute atomic E-state index is 0.370. The number of anilines is 1. The van der Waals surface area contributed by atoms with E-state index < -0.39 is 16.2 Å². The zero-order chi connectivity index (χ0) is 14.3. The van der Waals surface area contributed by atoms with E-state index in [4.69, 9.17) is 5.11 Å². The molecule has 7 heteroatoms. The average Bonchev–Trinajstić information content (AvgIpc) is 2.35. The topological polar surface area (TPSA) is 95.5 Å². The molecule has 1 aromatic rings. The molecule has 0 unspecified atom stereocenters. The number of aliphatic carboxylic acids is 1. The van der Waals surface area contributed by atoms with Gasteiger partial charge in [-0.25, -0.2) is 4.79 Å². The lowest BCUT2D eigenvalue weighted by Gasteiger charge is -2.08. The lowest BCUT2D eigenvalue weighted by Crippen LogP contribution is -2.30. The fourth-order valence-electron chi connectivity index (χ4n) is 1.26. The second kappa shape index (κ2) is 6.91. The third-order valence-electron chi connectivity index (χ3n) is 2.12. The van der Waals surface area contributed by atoms with Crippen molar-refractivity contribution in [2.75, 3.05) is 11.3 Å². The predicted octanol–water partition coefficient (Wildman–Crippen LogP) is 1.44. The van der Waals surface area contributed by atoms with Crippen LogP contribution in [0.4, 0.5) is 5.69 Å². The molecule has 104 valence electrons. The molecular formula is C12H16N2O4S. The third-order valence-corrected chi connectivity index (χ3v) is 3.21. The normalized spacial score (nSPS) is 11.6. The van der Waals surface area contributed by atoms with Crippen LogP contribution in [0.15, 0.2) is 30.3 Å². The van der Waals surface area contributed by atoms with Crippen molar-refractivity contribution in [2.45, 2.75) is 13.3 Å². The van der Waals surface area contributed by atoms with Gasteiger partial charge in [0.15, 0.2) is 0 Å². The van der Waals surface area contributed by atoms with Crippen LogP contribution in [0.5, 0.6) is 0 Å². The maximum absolute atomic E-state index is 11.5. The van der Waals surface area contributed by atoms with E-state index in [0.717, 1.165) is 6.08 Å². The molecule has 0 atom stereocenters. The minimum Gasteiger partial charge on any atom is -0.478 e. The fraction of sp³-hybridized carbons (Fsp3) is 0.250. The molecule has 0 saturated heterocycles. The van der Waals surface area contributed by atoms with E-state index >= 15 is 0 Å². The molecule has 19 heavy (non-hydrogen) atoms. The maximum Gasteiger partial charge on any atom is 0.328 e. The molecule has 0 radical (unpaired) electrons. The summed E-state index contributed by atoms with van der Waals surface area (Å²) in [5.41, 5.74) is 1.09. The summed E-state index contributed by atoms with van der Waals surface area (Å²) in [5.74, 6) is -1.03. The summed E-state index contributed by atoms with van der Waals surface area (Å²) in [6, 6.07) is 6.37. The largest absolute Gasteiger partial charge is 0.478 e. The number of carbonyl (C=O) groups is 1. The van der Waals surface area contributed by atoms with Gasteiger partial charge in [0.05, 0.1) is 0 Å². The number of nitrogens with one attached hydrogen (secondary N) is 2. The van der Waals surface area contributed by atoms with Gasteiger partial charge in [-0.05, 0) is 30.2 Å². The Bertz CT molecular complexity index is 550. The molecule has 0 spiro atoms. The van der Waals surface area contributed by atoms with Crippen molar-refractivity contribution in [2.24, 2.45) is 0 Å². The zero-order valence-electron chi connectivity index (χ0n) is 10.5. The monoisotopic (exact) mass is 284 g/mol. The molecule has 0 fully saturated rings. The lowest BCUT2D eigenvalue weighted by molar-refractivity contribution is -0.131. The highest BCUT2D eigenvalue weighted by Crippen LogP contribution is 2.11. The van der Waals surface area contributed by atoms with Crippen molar-refractivity contribution in [3.05, 3.63) is 35.9 Å². The van der Waals surface area contributed by atoms with Gasteiger partial charge >= 0.3 is 5.97 Å². The Morgan fingerprint density at radius 3 is 2.47 bits per heavy atom. The van der Waals surface area contributed by atoms with Crippen LogP contribution in [-0.4, -0.2) is 26.0 Å². The molecule has 1 rings (SSSR count). The maximum atomic E-state index is 11.5. The molecular weight excluding hydrogens is 268 g/mol. The van der Waals surface area contributed by atoms with E-state index in [-0.39, 0.29) is 0 Å². The molecule has 0 amide bonds. The SMILES string of the molecule is CCCNS(=O)(=O)Nc1ccc(/C=C/C(=O)O)cc1. The summed E-state index contributed by atoms with van der Waals surface area (Å²) < 4.78 is 27.8. The quantitative estimate of drug-likeness (QED) is 0.660. The molecule has 0 aromatic heterocycles. The van der Waals surface area contributed by atoms with E-state index in [9.17, 15) is 13.2 Å². The van der Waals surface area contributed by atoms with Crippen LogP contribution >= 0.6 is 0 Å². The van der Waals surface area contributed by atoms with Gasteiger partial charge in [0.1, 0.15) is 0 Å². The van der Waals surface area contributed by atoms with Crippen molar-refractivity contribution < 1.29 is 18.3 Å². The number of benzene rings is 1. The molecule has 3 N–H and O–H groups in total. The van der Waals surface area contributed by atoms with Crippen molar-refractivity contribution in [1.82, 2.24) is 4.72 Å². The van der Waals surface area contributed by atoms with Crippen molar-refractivity contribution >= 4 is 27.9 Å². The Labute approximate surface area is 112 Å². The van der Waals surface area contributed by atoms with E-state index in [1.165, 1.54) is 6.08 Å². The van der Waals surface area contributed by atoms with Crippen LogP contribution in [0, 0.1) is 0 Å². The Morgan fingerprint density at radius 1 is 1.32 bits per heavy atom. The van der Waals surface area contributed by atoms with Gasteiger partial charge in [-0.3, -0.25) is 4.72 Å². The highest BCUT2D eigenvalue weighted by atomic mass is 32.2. The van der Waals surface area contributed by atoms with E-state index in [1.54, 1.807) is 24.3 Å². The van der Waals surface area contributed by atoms with Gasteiger partial charge in [-0.1, -0.05) is 19.1 Å². The highest BCUT2D eigenvalue weighted by molar-refractivity contribution is 7.90. The number of carboxylic acids is 1. The Kier molecular flexibility index (Phi) is 5.53. The molecule has 1 aromatic carbocycles. The first-order valence-corrected chi connectivity index (χ1v) is 7.20. The first kappa shape index (κ1) is 15.2. The summed E-state index contributed by atoms with van der Waals surface area (Å²) in [5, 5.41) is 8.48. The number of carboxylic acid groups (broad SMARTS) is 1. The highest BCUT2D eigenvalue weighted by Gasteiger charge is 2.07. The first-order valence-electron chi connectivity index (χ1n) is 5.71. The Hall–Kier alpha value is -1.86. The van der Waals surface area contributed by atoms with Gasteiger partial charge in [-0.15, -0.1) is 0 Å². The molecule has 0 bridgehead atoms. The van der Waals surface area contributed by atoms with Crippen LogP contribution in [-0.2, 0) is 15.0 Å². The number of rotatable bonds is 7. The first-order chi connectivity index (χ1) is 8.93. The van der Waals surface area contributed by atoms with Crippen LogP contribution in [0.25, 0.3) is 6.08 Å². The number of hydrogen-bond donors (Lipinski definition) is 3. The Morgan fingerprint density at radius 2 is 1.95 bits per heavy atom. The Balaban J connectivity index is 2.69. The van der Waals surface area contributed by atoms with Crippen LogP contribution in [0.3, 0.4) is 0 Å². The average molecular weight is 284 g/mol. The van der Waals surface area contributed by atoms with Crippen molar-refractivity contribution in [3.8, 4) is 0 Å². The summed E-state index contributed by atoms with van der Waals surface area (Å²) in [6.07, 6.45) is 3.15. The molecule has 0 aliphatic heterocycles. The van der Waals surface area contributed by atoms with Gasteiger partial charge in [-0.2, -0.15) is 13.1 Å². The molecule has 0 aliphatic carbocycles. The van der Waals surface area contributed by atoms with Gasteiger partial charge in [0.2, 0.25) is 0 Å². The molecule has 0 aliphatic rings. The van der Waals surface area contributed by atoms with E-state index in [1.807, 2.05) is 6.92 Å². The number of hydrogen-bond acceptors (Lipinski definition) is 3. The van der Waals surface area contributed by atoms with Crippen LogP contribution in [0.1, 0.15) is 18.9 Å². The zero-order valence-corrected chi connectivity index (χ0v) is 11.3. The van der Waals surface area contributed by atoms with Crippen molar-refractivity contribution in [3.63, 3.8) is 0 Å². The van der Waals surface area contributed by atoms with Gasteiger partial charge in [0, 0.05) is 18.3 Å². The van der Waals surface area contributed by atoms with Crippen molar-refractivity contribution in [1.29, 1.82) is 0 Å². The standard InChI is InChI=1S/C12H16N2O4S/c1-2-9-13-19(17,18)14-11-6-3-10(4-7-11)5-8-12(15)16/h3-8,13-14H,2,9H2,1H3,(H,15,16)/b8-5+. The summed E-state index contributed by atoms with van der Waals surface area (Å²) in [6.45, 7) is 2.24. The molecule has 0 heterocycles. The minimum atomic E-state index is -3.55. The second-order valence-electron chi connectivity index (χ2n) is 3.79. The van der Waals surface area contributed by atoms with Crippen LogP contribution < -0.4 is 9.44 Å². The second-order valence-corrected chi connectivity index (χ2v) is 5.29. The third kappa shape index (κ3) is 6.03. The fourth-order valence-corrected chi connectivity index (χ4v) is 2.25. The van der Waals surface area contributed by atoms with E-state index in [0.29, 0.717) is 24.2 Å². The molecule has 0 saturated carbocycles. The summed E-state index contributed by atoms with van der Waals surface area (Å²) >= 11 is 0. The van der Waals surface area contributed by atoms with E-state index in [2.05, 4.69) is 9.44 Å². The predicted molar refractivity (Wildman–Crippen MR) is 73.9 cm³/mol.